The van der Waals surface area contributed by atoms with Crippen LogP contribution in [0.15, 0.2) is 198 Å². The van der Waals surface area contributed by atoms with Gasteiger partial charge in [0.25, 0.3) is 11.8 Å². The van der Waals surface area contributed by atoms with Gasteiger partial charge in [0.2, 0.25) is 10.9 Å². The summed E-state index contributed by atoms with van der Waals surface area (Å²) in [6.07, 6.45) is 14.4. The van der Waals surface area contributed by atoms with Crippen molar-refractivity contribution in [3.05, 3.63) is 248 Å². The first kappa shape index (κ1) is 53.4. The van der Waals surface area contributed by atoms with Crippen LogP contribution in [0.4, 0.5) is 0 Å². The summed E-state index contributed by atoms with van der Waals surface area (Å²) in [6, 6.07) is 47.8. The molecular formula is C59H56ClLiN6O8. The maximum Gasteiger partial charge on any atom is 1.00 e. The third kappa shape index (κ3) is 11.6. The van der Waals surface area contributed by atoms with Crippen LogP contribution in [0.1, 0.15) is 86.6 Å². The van der Waals surface area contributed by atoms with E-state index in [1.165, 1.54) is 12.1 Å². The molecule has 11 rings (SSSR count). The summed E-state index contributed by atoms with van der Waals surface area (Å²) in [5.74, 6) is 0.484. The van der Waals surface area contributed by atoms with Crippen LogP contribution in [0.2, 0.25) is 0 Å². The molecule has 5 aromatic carbocycles. The fourth-order valence-electron chi connectivity index (χ4n) is 9.77. The Balaban J connectivity index is 0.000000197. The Labute approximate surface area is 453 Å². The van der Waals surface area contributed by atoms with Crippen LogP contribution in [0, 0.1) is 0 Å². The Morgan fingerprint density at radius 2 is 0.933 bits per heavy atom. The number of hydrogen-bond donors (Lipinski definition) is 1. The number of pyridine rings is 2. The van der Waals surface area contributed by atoms with E-state index in [1.807, 2.05) is 132 Å². The van der Waals surface area contributed by atoms with Crippen molar-refractivity contribution in [2.75, 3.05) is 49.7 Å². The van der Waals surface area contributed by atoms with Gasteiger partial charge in [0.1, 0.15) is 43.5 Å². The number of nitrogens with zero attached hydrogens (tertiary/aromatic N) is 6. The minimum atomic E-state index is -0.575. The van der Waals surface area contributed by atoms with Gasteiger partial charge in [0.15, 0.2) is 22.9 Å². The van der Waals surface area contributed by atoms with Crippen molar-refractivity contribution in [1.29, 1.82) is 0 Å². The summed E-state index contributed by atoms with van der Waals surface area (Å²) >= 11 is 0. The van der Waals surface area contributed by atoms with Gasteiger partial charge in [-0.3, -0.25) is 38.5 Å². The maximum absolute atomic E-state index is 14.0. The number of benzene rings is 5. The Morgan fingerprint density at radius 3 is 1.45 bits per heavy atom. The molecule has 0 spiro atoms. The number of halogens is 1. The largest absolute Gasteiger partial charge is 1.00 e. The van der Waals surface area contributed by atoms with E-state index in [0.717, 1.165) is 52.2 Å². The number of aromatic nitrogens is 2. The number of amides is 2. The van der Waals surface area contributed by atoms with Crippen LogP contribution in [-0.2, 0) is 6.61 Å². The van der Waals surface area contributed by atoms with E-state index < -0.39 is 11.2 Å². The summed E-state index contributed by atoms with van der Waals surface area (Å²) in [7, 11) is 0. The van der Waals surface area contributed by atoms with E-state index >= 15 is 0 Å². The molecule has 0 fully saturated rings. The van der Waals surface area contributed by atoms with Gasteiger partial charge in [-0.1, -0.05) is 152 Å². The second-order valence-corrected chi connectivity index (χ2v) is 18.0. The third-order valence-electron chi connectivity index (χ3n) is 13.3. The molecule has 0 saturated carbocycles. The average molecular weight is 1020 g/mol. The van der Waals surface area contributed by atoms with Gasteiger partial charge in [-0.15, -0.1) is 0 Å². The minimum Gasteiger partial charge on any atom is -1.00 e. The van der Waals surface area contributed by atoms with E-state index in [1.54, 1.807) is 31.5 Å². The Kier molecular flexibility index (Phi) is 17.7. The molecule has 2 atom stereocenters. The van der Waals surface area contributed by atoms with E-state index in [2.05, 4.69) is 41.4 Å². The van der Waals surface area contributed by atoms with Gasteiger partial charge in [-0.25, -0.2) is 0 Å². The second-order valence-electron chi connectivity index (χ2n) is 18.0. The Morgan fingerprint density at radius 1 is 0.507 bits per heavy atom. The van der Waals surface area contributed by atoms with Crippen LogP contribution in [-0.4, -0.2) is 75.7 Å². The predicted molar refractivity (Wildman–Crippen MR) is 279 cm³/mol. The summed E-state index contributed by atoms with van der Waals surface area (Å²) in [5.41, 5.74) is 4.17. The van der Waals surface area contributed by atoms with Crippen molar-refractivity contribution in [2.45, 2.75) is 44.4 Å². The minimum absolute atomic E-state index is 0. The molecule has 1 N–H and O–H groups in total. The molecule has 75 heavy (non-hydrogen) atoms. The number of rotatable bonds is 5. The normalized spacial score (nSPS) is 18.0. The molecule has 4 bridgehead atoms. The van der Waals surface area contributed by atoms with Gasteiger partial charge in [-0.05, 0) is 54.5 Å². The fraction of sp³-hybridized carbons (Fsp3) is 0.220. The van der Waals surface area contributed by atoms with Crippen molar-refractivity contribution >= 4 is 11.8 Å². The summed E-state index contributed by atoms with van der Waals surface area (Å²) in [4.78, 5) is 56.2. The predicted octanol–water partition coefficient (Wildman–Crippen LogP) is 2.73. The van der Waals surface area contributed by atoms with Crippen molar-refractivity contribution in [2.24, 2.45) is 0 Å². The quantitative estimate of drug-likeness (QED) is 0.203. The molecule has 378 valence electrons. The molecule has 2 aromatic heterocycles. The zero-order valence-corrected chi connectivity index (χ0v) is 42.5. The molecule has 0 aliphatic carbocycles. The second kappa shape index (κ2) is 24.9. The van der Waals surface area contributed by atoms with Gasteiger partial charge < -0.3 is 41.5 Å². The third-order valence-corrected chi connectivity index (χ3v) is 13.3. The average Bonchev–Trinajstić information content (AvgIpc) is 3.45. The fourth-order valence-corrected chi connectivity index (χ4v) is 9.77. The topological polar surface area (TPSA) is 139 Å². The first-order valence-corrected chi connectivity index (χ1v) is 24.7. The van der Waals surface area contributed by atoms with Gasteiger partial charge in [-0.2, -0.15) is 0 Å². The van der Waals surface area contributed by atoms with E-state index in [9.17, 15) is 24.3 Å². The maximum atomic E-state index is 14.0. The number of hydrogen-bond acceptors (Lipinski definition) is 10. The monoisotopic (exact) mass is 1020 g/mol. The van der Waals surface area contributed by atoms with E-state index in [4.69, 9.17) is 14.2 Å². The smallest absolute Gasteiger partial charge is 1.00 e. The van der Waals surface area contributed by atoms with Crippen LogP contribution >= 0.6 is 0 Å². The summed E-state index contributed by atoms with van der Waals surface area (Å²) < 4.78 is 22.0. The van der Waals surface area contributed by atoms with Crippen molar-refractivity contribution in [1.82, 2.24) is 19.2 Å². The molecule has 4 aliphatic rings. The number of fused-ring (bicyclic) bond motifs is 10. The number of carbonyl (C=O) groups excluding carboxylic acids is 2. The zero-order chi connectivity index (χ0) is 50.1. The van der Waals surface area contributed by atoms with Gasteiger partial charge >= 0.3 is 18.9 Å². The van der Waals surface area contributed by atoms with Crippen LogP contribution in [0.5, 0.6) is 23.0 Å². The van der Waals surface area contributed by atoms with Crippen LogP contribution in [0.25, 0.3) is 0 Å². The molecule has 0 saturated heterocycles. The summed E-state index contributed by atoms with van der Waals surface area (Å²) in [6.45, 7) is 2.88. The molecule has 4 aliphatic heterocycles. The number of aromatic hydroxyl groups is 1. The summed E-state index contributed by atoms with van der Waals surface area (Å²) in [5, 5.41) is 14.7. The first-order valence-electron chi connectivity index (χ1n) is 24.7. The van der Waals surface area contributed by atoms with Crippen molar-refractivity contribution < 1.29 is 60.2 Å². The molecule has 14 nitrogen and oxygen atoms in total. The molecule has 7 aromatic rings. The van der Waals surface area contributed by atoms with Gasteiger partial charge in [0, 0.05) is 48.7 Å². The van der Waals surface area contributed by atoms with E-state index in [0.29, 0.717) is 45.8 Å². The molecule has 16 heteroatoms. The van der Waals surface area contributed by atoms with Crippen LogP contribution in [0.3, 0.4) is 0 Å². The Hall–Kier alpha value is -7.89. The van der Waals surface area contributed by atoms with Gasteiger partial charge in [0.05, 0.1) is 13.2 Å². The molecule has 0 unspecified atom stereocenters. The zero-order valence-electron chi connectivity index (χ0n) is 41.7. The first-order chi connectivity index (χ1) is 35.9. The number of ether oxygens (including phenoxy) is 3. The standard InChI is InChI=1S/C33H31N3O4.C26H25N3O4.ClH.Li/c37-28-19-21-35-31(32(28)40-23-25-13-5-3-6-14-25)33(38)34-20-11-1-2-12-22-39-29-18-10-9-17-27(29)30(36(35)24-34)26-15-7-4-8-16-26;30-21-14-16-28-24(25(21)31)26(32)27-15-8-1-2-9-17-33-22-13-7-6-12-20(22)23(29(28)18-27)19-10-4-3-5-11-19;;/h1-10,13-19,21,30H,11-12,20,22-24H2;1-7,10-14,16,23,31H,8-9,15,17-18H2;1H;/q;;;+1/p-1/b2*2-1+;;/t30-;23-;;/m11../s1. The van der Waals surface area contributed by atoms with Crippen molar-refractivity contribution in [3.8, 4) is 23.0 Å². The van der Waals surface area contributed by atoms with Crippen LogP contribution < -0.4 is 66.4 Å². The molecule has 6 heterocycles. The SMILES string of the molecule is O=C1c2c(O)c(=O)ccn2N2CN1CC/C=C/CCOc1ccccc1[C@H]2c1ccccc1.O=C1c2c(OCc3ccccc3)c(=O)ccn2N2CN1CC/C=C/CCOc1ccccc1[C@H]2c1ccccc1.[Cl-].[Li+]. The number of carbonyl (C=O) groups is 2. The number of para-hydroxylation sites is 2. The Bertz CT molecular complexity index is 3260. The molecule has 2 amide bonds. The molecule has 0 radical (unpaired) electrons. The molecular weight excluding hydrogens is 963 g/mol. The van der Waals surface area contributed by atoms with Crippen molar-refractivity contribution in [3.63, 3.8) is 0 Å². The van der Waals surface area contributed by atoms with E-state index in [-0.39, 0.29) is 91.0 Å².